The number of aromatic nitrogens is 4. The molecule has 22 heavy (non-hydrogen) atoms. The van der Waals surface area contributed by atoms with E-state index in [-0.39, 0.29) is 0 Å². The molecule has 3 aromatic heterocycles. The predicted molar refractivity (Wildman–Crippen MR) is 87.4 cm³/mol. The average Bonchev–Trinajstić information content (AvgIpc) is 3.15. The third kappa shape index (κ3) is 2.31. The molecule has 1 N–H and O–H groups in total. The lowest BCUT2D eigenvalue weighted by Gasteiger charge is -1.99. The van der Waals surface area contributed by atoms with E-state index in [0.717, 1.165) is 39.0 Å². The minimum absolute atomic E-state index is 0.808. The molecule has 3 heterocycles. The van der Waals surface area contributed by atoms with Crippen LogP contribution in [0.15, 0.2) is 53.9 Å². The fourth-order valence-corrected chi connectivity index (χ4v) is 3.24. The highest BCUT2D eigenvalue weighted by molar-refractivity contribution is 7.98. The number of fused-ring (bicyclic) bond motifs is 2. The van der Waals surface area contributed by atoms with Crippen LogP contribution < -0.4 is 4.74 Å². The third-order valence-corrected chi connectivity index (χ3v) is 4.42. The molecule has 0 fully saturated rings. The number of H-pyrrole nitrogens is 1. The molecule has 1 aromatic carbocycles. The Morgan fingerprint density at radius 1 is 1.27 bits per heavy atom. The Hall–Kier alpha value is -2.47. The zero-order valence-corrected chi connectivity index (χ0v) is 12.8. The van der Waals surface area contributed by atoms with Gasteiger partial charge >= 0.3 is 0 Å². The molecular weight excluding hydrogens is 296 g/mol. The first-order chi connectivity index (χ1) is 10.8. The van der Waals surface area contributed by atoms with Gasteiger partial charge in [0.15, 0.2) is 5.16 Å². The summed E-state index contributed by atoms with van der Waals surface area (Å²) in [6.45, 7) is 0. The number of hydrogen-bond donors (Lipinski definition) is 1. The van der Waals surface area contributed by atoms with Gasteiger partial charge in [0.1, 0.15) is 11.4 Å². The highest BCUT2D eigenvalue weighted by Crippen LogP contribution is 2.25. The van der Waals surface area contributed by atoms with E-state index in [2.05, 4.69) is 19.4 Å². The number of methoxy groups -OCH3 is 1. The van der Waals surface area contributed by atoms with E-state index in [4.69, 9.17) is 4.74 Å². The van der Waals surface area contributed by atoms with Gasteiger partial charge < -0.3 is 14.1 Å². The largest absolute Gasteiger partial charge is 0.497 e. The van der Waals surface area contributed by atoms with Crippen LogP contribution in [0.4, 0.5) is 0 Å². The summed E-state index contributed by atoms with van der Waals surface area (Å²) in [5, 5.41) is 0.897. The SMILES string of the molecule is COc1ccc2nc(SCc3cnc4ccccn34)[nH]c2c1. The number of thioether (sulfide) groups is 1. The summed E-state index contributed by atoms with van der Waals surface area (Å²) in [6.07, 6.45) is 3.94. The minimum atomic E-state index is 0.808. The molecule has 0 spiro atoms. The van der Waals surface area contributed by atoms with E-state index < -0.39 is 0 Å². The Bertz CT molecular complexity index is 944. The molecule has 110 valence electrons. The summed E-state index contributed by atoms with van der Waals surface area (Å²) in [7, 11) is 1.66. The van der Waals surface area contributed by atoms with Crippen molar-refractivity contribution in [3.05, 3.63) is 54.5 Å². The van der Waals surface area contributed by atoms with Crippen molar-refractivity contribution in [2.24, 2.45) is 0 Å². The Labute approximate surface area is 131 Å². The highest BCUT2D eigenvalue weighted by atomic mass is 32.2. The van der Waals surface area contributed by atoms with Crippen LogP contribution in [-0.2, 0) is 5.75 Å². The zero-order valence-electron chi connectivity index (χ0n) is 12.0. The molecule has 0 aliphatic heterocycles. The van der Waals surface area contributed by atoms with Crippen molar-refractivity contribution >= 4 is 28.4 Å². The first kappa shape index (κ1) is 13.2. The van der Waals surface area contributed by atoms with E-state index in [9.17, 15) is 0 Å². The molecule has 0 bridgehead atoms. The Balaban J connectivity index is 1.58. The van der Waals surface area contributed by atoms with Crippen molar-refractivity contribution in [2.45, 2.75) is 10.9 Å². The monoisotopic (exact) mass is 310 g/mol. The van der Waals surface area contributed by atoms with Crippen LogP contribution in [0.1, 0.15) is 5.69 Å². The standard InChI is InChI=1S/C16H14N4OS/c1-21-12-5-6-13-14(8-12)19-16(18-13)22-10-11-9-17-15-4-2-3-7-20(11)15/h2-9H,10H2,1H3,(H,18,19). The van der Waals surface area contributed by atoms with Crippen molar-refractivity contribution < 1.29 is 4.74 Å². The van der Waals surface area contributed by atoms with Crippen molar-refractivity contribution in [2.75, 3.05) is 7.11 Å². The fraction of sp³-hybridized carbons (Fsp3) is 0.125. The first-order valence-electron chi connectivity index (χ1n) is 6.91. The van der Waals surface area contributed by atoms with E-state index >= 15 is 0 Å². The molecule has 0 aliphatic rings. The van der Waals surface area contributed by atoms with Gasteiger partial charge in [0.25, 0.3) is 0 Å². The van der Waals surface area contributed by atoms with Crippen LogP contribution in [0.5, 0.6) is 5.75 Å². The van der Waals surface area contributed by atoms with Gasteiger partial charge in [-0.2, -0.15) is 0 Å². The Morgan fingerprint density at radius 3 is 3.14 bits per heavy atom. The zero-order chi connectivity index (χ0) is 14.9. The molecule has 0 saturated carbocycles. The van der Waals surface area contributed by atoms with Gasteiger partial charge in [-0.25, -0.2) is 9.97 Å². The van der Waals surface area contributed by atoms with Crippen LogP contribution in [-0.4, -0.2) is 26.5 Å². The number of nitrogens with one attached hydrogen (secondary N) is 1. The Kier molecular flexibility index (Phi) is 3.23. The number of nitrogens with zero attached hydrogens (tertiary/aromatic N) is 3. The number of pyridine rings is 1. The van der Waals surface area contributed by atoms with Gasteiger partial charge in [-0.15, -0.1) is 0 Å². The normalized spacial score (nSPS) is 11.3. The lowest BCUT2D eigenvalue weighted by Crippen LogP contribution is -1.89. The average molecular weight is 310 g/mol. The first-order valence-corrected chi connectivity index (χ1v) is 7.89. The lowest BCUT2D eigenvalue weighted by molar-refractivity contribution is 0.415. The van der Waals surface area contributed by atoms with Crippen molar-refractivity contribution in [3.63, 3.8) is 0 Å². The predicted octanol–water partition coefficient (Wildman–Crippen LogP) is 3.51. The molecule has 6 heteroatoms. The van der Waals surface area contributed by atoms with Crippen LogP contribution >= 0.6 is 11.8 Å². The second-order valence-corrected chi connectivity index (χ2v) is 5.86. The maximum atomic E-state index is 5.23. The number of ether oxygens (including phenoxy) is 1. The molecule has 0 aliphatic carbocycles. The summed E-state index contributed by atoms with van der Waals surface area (Å²) in [4.78, 5) is 12.3. The van der Waals surface area contributed by atoms with Crippen molar-refractivity contribution in [3.8, 4) is 5.75 Å². The number of rotatable bonds is 4. The van der Waals surface area contributed by atoms with E-state index in [1.54, 1.807) is 18.9 Å². The molecule has 0 amide bonds. The number of aromatic amines is 1. The summed E-state index contributed by atoms with van der Waals surface area (Å²) < 4.78 is 7.33. The third-order valence-electron chi connectivity index (χ3n) is 3.52. The Morgan fingerprint density at radius 2 is 2.23 bits per heavy atom. The lowest BCUT2D eigenvalue weighted by atomic mass is 10.3. The maximum Gasteiger partial charge on any atom is 0.166 e. The quantitative estimate of drug-likeness (QED) is 0.586. The minimum Gasteiger partial charge on any atom is -0.497 e. The van der Waals surface area contributed by atoms with Crippen molar-refractivity contribution in [1.29, 1.82) is 0 Å². The van der Waals surface area contributed by atoms with Gasteiger partial charge in [-0.05, 0) is 24.3 Å². The second-order valence-electron chi connectivity index (χ2n) is 4.89. The molecular formula is C16H14N4OS. The number of hydrogen-bond acceptors (Lipinski definition) is 4. The van der Waals surface area contributed by atoms with Crippen LogP contribution in [0.3, 0.4) is 0 Å². The molecule has 4 rings (SSSR count). The summed E-state index contributed by atoms with van der Waals surface area (Å²) in [5.74, 6) is 1.64. The van der Waals surface area contributed by atoms with E-state index in [1.807, 2.05) is 48.8 Å². The molecule has 0 unspecified atom stereocenters. The summed E-state index contributed by atoms with van der Waals surface area (Å²) in [5.41, 5.74) is 4.05. The molecule has 0 atom stereocenters. The number of benzene rings is 1. The van der Waals surface area contributed by atoms with Gasteiger partial charge in [-0.3, -0.25) is 0 Å². The van der Waals surface area contributed by atoms with E-state index in [1.165, 1.54) is 0 Å². The molecule has 5 nitrogen and oxygen atoms in total. The van der Waals surface area contributed by atoms with Gasteiger partial charge in [0.2, 0.25) is 0 Å². The van der Waals surface area contributed by atoms with Crippen LogP contribution in [0.2, 0.25) is 0 Å². The van der Waals surface area contributed by atoms with Crippen LogP contribution in [0.25, 0.3) is 16.7 Å². The van der Waals surface area contributed by atoms with Gasteiger partial charge in [0.05, 0.1) is 30.0 Å². The maximum absolute atomic E-state index is 5.23. The smallest absolute Gasteiger partial charge is 0.166 e. The number of imidazole rings is 2. The topological polar surface area (TPSA) is 55.2 Å². The fourth-order valence-electron chi connectivity index (χ4n) is 2.39. The molecule has 4 aromatic rings. The van der Waals surface area contributed by atoms with Crippen LogP contribution in [0, 0.1) is 0 Å². The summed E-state index contributed by atoms with van der Waals surface area (Å²) >= 11 is 1.66. The van der Waals surface area contributed by atoms with Gasteiger partial charge in [0, 0.05) is 18.0 Å². The summed E-state index contributed by atoms with van der Waals surface area (Å²) in [6, 6.07) is 11.8. The van der Waals surface area contributed by atoms with Crippen molar-refractivity contribution in [1.82, 2.24) is 19.4 Å². The highest BCUT2D eigenvalue weighted by Gasteiger charge is 2.07. The van der Waals surface area contributed by atoms with E-state index in [0.29, 0.717) is 0 Å². The molecule has 0 radical (unpaired) electrons. The molecule has 0 saturated heterocycles. The van der Waals surface area contributed by atoms with Gasteiger partial charge in [-0.1, -0.05) is 17.8 Å². The second kappa shape index (κ2) is 5.38.